The van der Waals surface area contributed by atoms with Crippen molar-refractivity contribution >= 4 is 0 Å². The van der Waals surface area contributed by atoms with Gasteiger partial charge in [0.2, 0.25) is 0 Å². The van der Waals surface area contributed by atoms with Crippen LogP contribution < -0.4 is 0 Å². The van der Waals surface area contributed by atoms with Gasteiger partial charge in [-0.15, -0.1) is 0 Å². The van der Waals surface area contributed by atoms with Crippen LogP contribution in [0.4, 0.5) is 0 Å². The Morgan fingerprint density at radius 3 is 2.68 bits per heavy atom. The quantitative estimate of drug-likeness (QED) is 0.771. The fourth-order valence-corrected chi connectivity index (χ4v) is 4.35. The summed E-state index contributed by atoms with van der Waals surface area (Å²) in [6.45, 7) is 14.0. The first-order valence-electron chi connectivity index (χ1n) is 8.46. The summed E-state index contributed by atoms with van der Waals surface area (Å²) in [5, 5.41) is 0. The molecule has 3 fully saturated rings. The summed E-state index contributed by atoms with van der Waals surface area (Å²) in [5.41, 5.74) is 0. The zero-order valence-corrected chi connectivity index (χ0v) is 12.9. The largest absolute Gasteiger partial charge is 0.303 e. The van der Waals surface area contributed by atoms with E-state index in [-0.39, 0.29) is 0 Å². The molecule has 3 aliphatic rings. The molecule has 3 heterocycles. The number of nitrogens with zero attached hydrogens (tertiary/aromatic N) is 3. The highest BCUT2D eigenvalue weighted by atomic mass is 15.3. The van der Waals surface area contributed by atoms with Gasteiger partial charge in [0.25, 0.3) is 0 Å². The van der Waals surface area contributed by atoms with Crippen LogP contribution in [0.3, 0.4) is 0 Å². The van der Waals surface area contributed by atoms with Crippen LogP contribution in [-0.2, 0) is 0 Å². The van der Waals surface area contributed by atoms with Gasteiger partial charge in [0.05, 0.1) is 0 Å². The third-order valence-corrected chi connectivity index (χ3v) is 5.63. The van der Waals surface area contributed by atoms with Gasteiger partial charge in [0, 0.05) is 38.3 Å². The lowest BCUT2D eigenvalue weighted by Crippen LogP contribution is -2.59. The van der Waals surface area contributed by atoms with Crippen molar-refractivity contribution in [2.24, 2.45) is 5.92 Å². The Labute approximate surface area is 118 Å². The van der Waals surface area contributed by atoms with Crippen molar-refractivity contribution in [2.45, 2.75) is 51.6 Å². The molecule has 0 spiro atoms. The number of rotatable bonds is 3. The number of likely N-dealkylation sites (tertiary alicyclic amines) is 1. The van der Waals surface area contributed by atoms with E-state index in [2.05, 4.69) is 28.5 Å². The summed E-state index contributed by atoms with van der Waals surface area (Å²) in [7, 11) is 0. The molecule has 0 amide bonds. The minimum absolute atomic E-state index is 0.769. The van der Waals surface area contributed by atoms with Crippen molar-refractivity contribution < 1.29 is 0 Å². The summed E-state index contributed by atoms with van der Waals surface area (Å²) in [5.74, 6) is 0.928. The average Bonchev–Trinajstić information content (AvgIpc) is 2.87. The van der Waals surface area contributed by atoms with Gasteiger partial charge in [0.1, 0.15) is 0 Å². The molecule has 110 valence electrons. The topological polar surface area (TPSA) is 9.72 Å². The molecule has 3 nitrogen and oxygen atoms in total. The van der Waals surface area contributed by atoms with Crippen molar-refractivity contribution in [1.29, 1.82) is 0 Å². The lowest BCUT2D eigenvalue weighted by molar-refractivity contribution is 0.00834. The van der Waals surface area contributed by atoms with Crippen LogP contribution in [0.5, 0.6) is 0 Å². The van der Waals surface area contributed by atoms with Crippen LogP contribution in [-0.4, -0.2) is 72.6 Å². The number of hydrogen-bond donors (Lipinski definition) is 0. The number of fused-ring (bicyclic) bond motifs is 1. The Balaban J connectivity index is 1.53. The second kappa shape index (κ2) is 6.11. The summed E-state index contributed by atoms with van der Waals surface area (Å²) in [4.78, 5) is 8.18. The second-order valence-electron chi connectivity index (χ2n) is 7.00. The summed E-state index contributed by atoms with van der Waals surface area (Å²) < 4.78 is 0. The highest BCUT2D eigenvalue weighted by Crippen LogP contribution is 2.26. The molecule has 3 atom stereocenters. The SMILES string of the molecule is CCN1CCC(CN2CC3CCCCN3CC2C)C1. The summed E-state index contributed by atoms with van der Waals surface area (Å²) >= 11 is 0. The maximum Gasteiger partial charge on any atom is 0.0223 e. The predicted molar refractivity (Wildman–Crippen MR) is 80.5 cm³/mol. The first kappa shape index (κ1) is 13.8. The standard InChI is InChI=1S/C16H31N3/c1-3-17-9-7-15(11-17)12-19-13-16-6-4-5-8-18(16)10-14(19)2/h14-16H,3-13H2,1-2H3. The lowest BCUT2D eigenvalue weighted by Gasteiger charge is -2.48. The Morgan fingerprint density at radius 1 is 1.00 bits per heavy atom. The Bertz CT molecular complexity index is 294. The fourth-order valence-electron chi connectivity index (χ4n) is 4.35. The third kappa shape index (κ3) is 3.14. The van der Waals surface area contributed by atoms with Crippen LogP contribution in [0.1, 0.15) is 39.5 Å². The van der Waals surface area contributed by atoms with Crippen molar-refractivity contribution in [3.8, 4) is 0 Å². The molecule has 0 aliphatic carbocycles. The predicted octanol–water partition coefficient (Wildman–Crippen LogP) is 1.89. The van der Waals surface area contributed by atoms with Crippen molar-refractivity contribution in [3.05, 3.63) is 0 Å². The smallest absolute Gasteiger partial charge is 0.0223 e. The Hall–Kier alpha value is -0.120. The van der Waals surface area contributed by atoms with E-state index in [0.717, 1.165) is 18.0 Å². The summed E-state index contributed by atoms with van der Waals surface area (Å²) in [6, 6.07) is 1.64. The molecule has 3 aliphatic heterocycles. The molecule has 0 bridgehead atoms. The third-order valence-electron chi connectivity index (χ3n) is 5.63. The highest BCUT2D eigenvalue weighted by molar-refractivity contribution is 4.90. The molecule has 3 saturated heterocycles. The van der Waals surface area contributed by atoms with Gasteiger partial charge in [-0.2, -0.15) is 0 Å². The molecular formula is C16H31N3. The molecule has 0 aromatic rings. The molecule has 0 radical (unpaired) electrons. The number of hydrogen-bond acceptors (Lipinski definition) is 3. The van der Waals surface area contributed by atoms with Gasteiger partial charge in [-0.1, -0.05) is 13.3 Å². The molecule has 19 heavy (non-hydrogen) atoms. The molecule has 0 aromatic carbocycles. The number of piperazine rings is 1. The minimum atomic E-state index is 0.769. The zero-order valence-electron chi connectivity index (χ0n) is 12.9. The van der Waals surface area contributed by atoms with Gasteiger partial charge < -0.3 is 4.90 Å². The maximum absolute atomic E-state index is 2.80. The fraction of sp³-hybridized carbons (Fsp3) is 1.00. The van der Waals surface area contributed by atoms with E-state index in [1.807, 2.05) is 0 Å². The van der Waals surface area contributed by atoms with E-state index < -0.39 is 0 Å². The van der Waals surface area contributed by atoms with Gasteiger partial charge in [-0.05, 0) is 51.7 Å². The molecular weight excluding hydrogens is 234 g/mol. The van der Waals surface area contributed by atoms with E-state index in [4.69, 9.17) is 0 Å². The van der Waals surface area contributed by atoms with Crippen LogP contribution in [0.2, 0.25) is 0 Å². The highest BCUT2D eigenvalue weighted by Gasteiger charge is 2.34. The second-order valence-corrected chi connectivity index (χ2v) is 7.00. The van der Waals surface area contributed by atoms with E-state index in [0.29, 0.717) is 0 Å². The Morgan fingerprint density at radius 2 is 1.89 bits per heavy atom. The van der Waals surface area contributed by atoms with E-state index in [1.165, 1.54) is 71.5 Å². The normalized spacial score (nSPS) is 38.5. The van der Waals surface area contributed by atoms with E-state index in [9.17, 15) is 0 Å². The van der Waals surface area contributed by atoms with Gasteiger partial charge >= 0.3 is 0 Å². The van der Waals surface area contributed by atoms with Crippen LogP contribution in [0.15, 0.2) is 0 Å². The zero-order chi connectivity index (χ0) is 13.2. The maximum atomic E-state index is 2.80. The van der Waals surface area contributed by atoms with Crippen molar-refractivity contribution in [2.75, 3.05) is 45.8 Å². The molecule has 0 aromatic heterocycles. The number of piperidine rings is 1. The monoisotopic (exact) mass is 265 g/mol. The van der Waals surface area contributed by atoms with Gasteiger partial charge in [-0.25, -0.2) is 0 Å². The van der Waals surface area contributed by atoms with Crippen LogP contribution in [0.25, 0.3) is 0 Å². The van der Waals surface area contributed by atoms with E-state index >= 15 is 0 Å². The average molecular weight is 265 g/mol. The Kier molecular flexibility index (Phi) is 4.45. The van der Waals surface area contributed by atoms with Crippen molar-refractivity contribution in [1.82, 2.24) is 14.7 Å². The van der Waals surface area contributed by atoms with Crippen LogP contribution in [0, 0.1) is 5.92 Å². The van der Waals surface area contributed by atoms with Gasteiger partial charge in [0.15, 0.2) is 0 Å². The molecule has 3 heteroatoms. The minimum Gasteiger partial charge on any atom is -0.303 e. The molecule has 3 unspecified atom stereocenters. The lowest BCUT2D eigenvalue weighted by atomic mass is 9.96. The summed E-state index contributed by atoms with van der Waals surface area (Å²) in [6.07, 6.45) is 5.74. The van der Waals surface area contributed by atoms with Crippen molar-refractivity contribution in [3.63, 3.8) is 0 Å². The first-order valence-corrected chi connectivity index (χ1v) is 8.46. The van der Waals surface area contributed by atoms with Crippen LogP contribution >= 0.6 is 0 Å². The molecule has 3 rings (SSSR count). The van der Waals surface area contributed by atoms with Gasteiger partial charge in [-0.3, -0.25) is 9.80 Å². The van der Waals surface area contributed by atoms with E-state index in [1.54, 1.807) is 0 Å². The first-order chi connectivity index (χ1) is 9.26. The molecule has 0 saturated carbocycles. The molecule has 0 N–H and O–H groups in total.